The van der Waals surface area contributed by atoms with Crippen LogP contribution in [0.15, 0.2) is 71.9 Å². The zero-order valence-corrected chi connectivity index (χ0v) is 14.4. The Hall–Kier alpha value is -3.34. The highest BCUT2D eigenvalue weighted by atomic mass is 16.7. The zero-order valence-electron chi connectivity index (χ0n) is 14.4. The lowest BCUT2D eigenvalue weighted by Crippen LogP contribution is -2.12. The molecule has 0 bridgehead atoms. The summed E-state index contributed by atoms with van der Waals surface area (Å²) < 4.78 is 10.6. The number of carbonyl (C=O) groups is 1. The minimum atomic E-state index is -0.552. The lowest BCUT2D eigenvalue weighted by atomic mass is 10.1. The van der Waals surface area contributed by atoms with Gasteiger partial charge in [-0.15, -0.1) is 0 Å². The zero-order chi connectivity index (χ0) is 18.2. The Kier molecular flexibility index (Phi) is 5.83. The molecule has 5 nitrogen and oxygen atoms in total. The summed E-state index contributed by atoms with van der Waals surface area (Å²) in [6, 6.07) is 21.2. The number of benzene rings is 3. The van der Waals surface area contributed by atoms with Crippen molar-refractivity contribution < 1.29 is 19.1 Å². The number of hydrogen-bond donors (Lipinski definition) is 0. The standard InChI is InChI=1S/C21H19NO4/c1-24-19-9-6-16(7-10-19)12-13-22-26-21(23)15-25-20-11-8-17-4-2-3-5-18(17)14-20/h2-11,13-14H,12,15H2,1H3/b22-13+. The second-order valence-corrected chi connectivity index (χ2v) is 5.60. The summed E-state index contributed by atoms with van der Waals surface area (Å²) in [4.78, 5) is 16.5. The van der Waals surface area contributed by atoms with Crippen LogP contribution in [-0.4, -0.2) is 25.9 Å². The fourth-order valence-corrected chi connectivity index (χ4v) is 2.43. The molecular weight excluding hydrogens is 330 g/mol. The van der Waals surface area contributed by atoms with Crippen molar-refractivity contribution in [2.75, 3.05) is 13.7 Å². The molecule has 0 atom stereocenters. The minimum absolute atomic E-state index is 0.196. The van der Waals surface area contributed by atoms with Crippen molar-refractivity contribution in [3.63, 3.8) is 0 Å². The average Bonchev–Trinajstić information content (AvgIpc) is 2.70. The van der Waals surface area contributed by atoms with Crippen LogP contribution in [0, 0.1) is 0 Å². The molecule has 3 aromatic carbocycles. The van der Waals surface area contributed by atoms with Crippen LogP contribution < -0.4 is 9.47 Å². The van der Waals surface area contributed by atoms with E-state index < -0.39 is 5.97 Å². The Bertz CT molecular complexity index is 903. The minimum Gasteiger partial charge on any atom is -0.497 e. The molecule has 0 unspecified atom stereocenters. The Morgan fingerprint density at radius 3 is 2.46 bits per heavy atom. The lowest BCUT2D eigenvalue weighted by molar-refractivity contribution is -0.145. The van der Waals surface area contributed by atoms with Crippen LogP contribution in [0.3, 0.4) is 0 Å². The van der Waals surface area contributed by atoms with E-state index in [4.69, 9.17) is 14.3 Å². The molecule has 3 aromatic rings. The van der Waals surface area contributed by atoms with Gasteiger partial charge in [-0.2, -0.15) is 0 Å². The first kappa shape index (κ1) is 17.5. The normalized spacial score (nSPS) is 10.8. The smallest absolute Gasteiger partial charge is 0.371 e. The van der Waals surface area contributed by atoms with Gasteiger partial charge >= 0.3 is 5.97 Å². The second kappa shape index (κ2) is 8.67. The summed E-state index contributed by atoms with van der Waals surface area (Å²) in [5.74, 6) is 0.856. The summed E-state index contributed by atoms with van der Waals surface area (Å²) in [5.41, 5.74) is 1.04. The largest absolute Gasteiger partial charge is 0.497 e. The quantitative estimate of drug-likeness (QED) is 0.367. The molecule has 0 spiro atoms. The van der Waals surface area contributed by atoms with E-state index >= 15 is 0 Å². The molecule has 3 rings (SSSR count). The Morgan fingerprint density at radius 2 is 1.69 bits per heavy atom. The maximum Gasteiger partial charge on any atom is 0.371 e. The van der Waals surface area contributed by atoms with E-state index in [9.17, 15) is 4.79 Å². The predicted octanol–water partition coefficient (Wildman–Crippen LogP) is 4.00. The molecule has 0 saturated carbocycles. The van der Waals surface area contributed by atoms with Crippen LogP contribution in [-0.2, 0) is 16.1 Å². The van der Waals surface area contributed by atoms with Gasteiger partial charge in [-0.1, -0.05) is 47.6 Å². The number of rotatable bonds is 7. The van der Waals surface area contributed by atoms with Crippen molar-refractivity contribution in [1.29, 1.82) is 0 Å². The molecule has 132 valence electrons. The van der Waals surface area contributed by atoms with Gasteiger partial charge in [-0.25, -0.2) is 4.79 Å². The van der Waals surface area contributed by atoms with Gasteiger partial charge in [0.05, 0.1) is 7.11 Å². The molecule has 0 aliphatic carbocycles. The van der Waals surface area contributed by atoms with E-state index in [1.54, 1.807) is 7.11 Å². The van der Waals surface area contributed by atoms with Crippen LogP contribution >= 0.6 is 0 Å². The molecule has 0 aliphatic rings. The fourth-order valence-electron chi connectivity index (χ4n) is 2.43. The second-order valence-electron chi connectivity index (χ2n) is 5.60. The molecule has 26 heavy (non-hydrogen) atoms. The monoisotopic (exact) mass is 349 g/mol. The van der Waals surface area contributed by atoms with Gasteiger partial charge < -0.3 is 14.3 Å². The highest BCUT2D eigenvalue weighted by Gasteiger charge is 2.04. The summed E-state index contributed by atoms with van der Waals surface area (Å²) in [6.45, 7) is -0.196. The summed E-state index contributed by atoms with van der Waals surface area (Å²) in [7, 11) is 1.62. The van der Waals surface area contributed by atoms with E-state index in [2.05, 4.69) is 5.16 Å². The molecule has 0 aromatic heterocycles. The van der Waals surface area contributed by atoms with Gasteiger partial charge in [-0.05, 0) is 40.6 Å². The highest BCUT2D eigenvalue weighted by Crippen LogP contribution is 2.20. The molecule has 0 heterocycles. The SMILES string of the molecule is COc1ccc(C/C=N/OC(=O)COc2ccc3ccccc3c2)cc1. The predicted molar refractivity (Wildman–Crippen MR) is 101 cm³/mol. The van der Waals surface area contributed by atoms with Crippen molar-refractivity contribution in [3.8, 4) is 11.5 Å². The van der Waals surface area contributed by atoms with Crippen LogP contribution in [0.2, 0.25) is 0 Å². The van der Waals surface area contributed by atoms with E-state index in [1.165, 1.54) is 6.21 Å². The first-order valence-electron chi connectivity index (χ1n) is 8.21. The van der Waals surface area contributed by atoms with Crippen molar-refractivity contribution in [1.82, 2.24) is 0 Å². The summed E-state index contributed by atoms with van der Waals surface area (Å²) >= 11 is 0. The molecule has 0 fully saturated rings. The third-order valence-electron chi connectivity index (χ3n) is 3.79. The van der Waals surface area contributed by atoms with Crippen LogP contribution in [0.25, 0.3) is 10.8 Å². The van der Waals surface area contributed by atoms with E-state index in [-0.39, 0.29) is 6.61 Å². The number of ether oxygens (including phenoxy) is 2. The first-order valence-corrected chi connectivity index (χ1v) is 8.21. The van der Waals surface area contributed by atoms with Gasteiger partial charge in [0.1, 0.15) is 11.5 Å². The van der Waals surface area contributed by atoms with E-state index in [0.717, 1.165) is 22.1 Å². The third kappa shape index (κ3) is 4.83. The van der Waals surface area contributed by atoms with Gasteiger partial charge in [-0.3, -0.25) is 0 Å². The van der Waals surface area contributed by atoms with Crippen LogP contribution in [0.4, 0.5) is 0 Å². The Balaban J connectivity index is 1.44. The van der Waals surface area contributed by atoms with Gasteiger partial charge in [0.2, 0.25) is 0 Å². The Labute approximate surface area is 151 Å². The number of hydrogen-bond acceptors (Lipinski definition) is 5. The van der Waals surface area contributed by atoms with E-state index in [0.29, 0.717) is 12.2 Å². The molecule has 0 N–H and O–H groups in total. The van der Waals surface area contributed by atoms with Crippen LogP contribution in [0.5, 0.6) is 11.5 Å². The maximum atomic E-state index is 11.7. The van der Waals surface area contributed by atoms with Crippen molar-refractivity contribution >= 4 is 23.0 Å². The van der Waals surface area contributed by atoms with Crippen LogP contribution in [0.1, 0.15) is 5.56 Å². The number of methoxy groups -OCH3 is 1. The molecule has 5 heteroatoms. The van der Waals surface area contributed by atoms with Crippen molar-refractivity contribution in [3.05, 3.63) is 72.3 Å². The van der Waals surface area contributed by atoms with Gasteiger partial charge in [0.25, 0.3) is 0 Å². The maximum absolute atomic E-state index is 11.7. The number of carbonyl (C=O) groups excluding carboxylic acids is 1. The number of fused-ring (bicyclic) bond motifs is 1. The lowest BCUT2D eigenvalue weighted by Gasteiger charge is -2.05. The Morgan fingerprint density at radius 1 is 0.962 bits per heavy atom. The molecule has 0 radical (unpaired) electrons. The molecule has 0 aliphatic heterocycles. The molecule has 0 amide bonds. The average molecular weight is 349 g/mol. The number of oxime groups is 1. The van der Waals surface area contributed by atoms with Gasteiger partial charge in [0, 0.05) is 12.6 Å². The third-order valence-corrected chi connectivity index (χ3v) is 3.79. The first-order chi connectivity index (χ1) is 12.7. The summed E-state index contributed by atoms with van der Waals surface area (Å²) in [5, 5.41) is 5.85. The fraction of sp³-hybridized carbons (Fsp3) is 0.143. The molecule has 0 saturated heterocycles. The number of nitrogens with zero attached hydrogens (tertiary/aromatic N) is 1. The summed E-state index contributed by atoms with van der Waals surface area (Å²) in [6.07, 6.45) is 2.10. The molecular formula is C21H19NO4. The van der Waals surface area contributed by atoms with Gasteiger partial charge in [0.15, 0.2) is 6.61 Å². The van der Waals surface area contributed by atoms with Crippen molar-refractivity contribution in [2.24, 2.45) is 5.16 Å². The highest BCUT2D eigenvalue weighted by molar-refractivity contribution is 5.83. The van der Waals surface area contributed by atoms with Crippen molar-refractivity contribution in [2.45, 2.75) is 6.42 Å². The van der Waals surface area contributed by atoms with E-state index in [1.807, 2.05) is 66.7 Å². The topological polar surface area (TPSA) is 57.1 Å².